The monoisotopic (exact) mass is 218 g/mol. The van der Waals surface area contributed by atoms with Crippen LogP contribution in [-0.2, 0) is 16.0 Å². The van der Waals surface area contributed by atoms with E-state index in [1.807, 2.05) is 24.3 Å². The number of nitrogens with one attached hydrogen (secondary N) is 1. The number of carbonyl (C=O) groups excluding carboxylic acids is 2. The second kappa shape index (κ2) is 4.35. The molecule has 2 rings (SSSR count). The summed E-state index contributed by atoms with van der Waals surface area (Å²) in [6, 6.07) is 7.58. The summed E-state index contributed by atoms with van der Waals surface area (Å²) in [4.78, 5) is 22.3. The molecule has 1 heterocycles. The van der Waals surface area contributed by atoms with Gasteiger partial charge in [-0.25, -0.2) is 0 Å². The molecule has 0 aliphatic carbocycles. The molecule has 0 spiro atoms. The Labute approximate surface area is 93.8 Å². The first-order valence-electron chi connectivity index (χ1n) is 5.33. The third-order valence-corrected chi connectivity index (χ3v) is 2.83. The van der Waals surface area contributed by atoms with Gasteiger partial charge in [-0.15, -0.1) is 0 Å². The van der Waals surface area contributed by atoms with E-state index in [2.05, 4.69) is 5.32 Å². The maximum absolute atomic E-state index is 11.3. The molecular formula is C12H14N2O2. The zero-order valence-electron chi connectivity index (χ0n) is 8.90. The second-order valence-electron chi connectivity index (χ2n) is 4.09. The van der Waals surface area contributed by atoms with Crippen LogP contribution in [0.2, 0.25) is 0 Å². The third-order valence-electron chi connectivity index (χ3n) is 2.83. The lowest BCUT2D eigenvalue weighted by molar-refractivity contribution is -0.125. The molecular weight excluding hydrogens is 204 g/mol. The molecule has 16 heavy (non-hydrogen) atoms. The summed E-state index contributed by atoms with van der Waals surface area (Å²) in [5.74, 6) is -0.460. The predicted molar refractivity (Wildman–Crippen MR) is 60.4 cm³/mol. The number of anilines is 1. The van der Waals surface area contributed by atoms with Gasteiger partial charge in [0.1, 0.15) is 0 Å². The lowest BCUT2D eigenvalue weighted by Crippen LogP contribution is -2.22. The molecule has 1 aliphatic heterocycles. The molecule has 3 N–H and O–H groups in total. The van der Waals surface area contributed by atoms with Gasteiger partial charge in [0.05, 0.1) is 0 Å². The summed E-state index contributed by atoms with van der Waals surface area (Å²) < 4.78 is 0. The lowest BCUT2D eigenvalue weighted by atomic mass is 9.98. The SMILES string of the molecule is Nc1ccc(CCC2CC(=O)NC2=O)cc1. The summed E-state index contributed by atoms with van der Waals surface area (Å²) >= 11 is 0. The fourth-order valence-electron chi connectivity index (χ4n) is 1.87. The number of hydrogen-bond acceptors (Lipinski definition) is 3. The first-order chi connectivity index (χ1) is 7.65. The summed E-state index contributed by atoms with van der Waals surface area (Å²) in [6.45, 7) is 0. The van der Waals surface area contributed by atoms with Crippen molar-refractivity contribution in [2.24, 2.45) is 5.92 Å². The Morgan fingerprint density at radius 2 is 1.94 bits per heavy atom. The molecule has 4 heteroatoms. The van der Waals surface area contributed by atoms with Gasteiger partial charge in [-0.3, -0.25) is 14.9 Å². The Morgan fingerprint density at radius 1 is 1.25 bits per heavy atom. The Bertz CT molecular complexity index is 412. The van der Waals surface area contributed by atoms with E-state index in [1.165, 1.54) is 0 Å². The molecule has 0 aromatic heterocycles. The average Bonchev–Trinajstić information content (AvgIpc) is 2.57. The first kappa shape index (κ1) is 10.7. The van der Waals surface area contributed by atoms with Crippen LogP contribution in [0.1, 0.15) is 18.4 Å². The van der Waals surface area contributed by atoms with Crippen molar-refractivity contribution < 1.29 is 9.59 Å². The Kier molecular flexibility index (Phi) is 2.90. The fourth-order valence-corrected chi connectivity index (χ4v) is 1.87. The number of nitrogen functional groups attached to an aromatic ring is 1. The zero-order chi connectivity index (χ0) is 11.5. The van der Waals surface area contributed by atoms with Crippen molar-refractivity contribution in [2.45, 2.75) is 19.3 Å². The molecule has 1 aromatic rings. The highest BCUT2D eigenvalue weighted by Gasteiger charge is 2.29. The highest BCUT2D eigenvalue weighted by Crippen LogP contribution is 2.18. The van der Waals surface area contributed by atoms with Gasteiger partial charge in [-0.2, -0.15) is 0 Å². The largest absolute Gasteiger partial charge is 0.399 e. The molecule has 1 aliphatic rings. The number of benzene rings is 1. The highest BCUT2D eigenvalue weighted by molar-refractivity contribution is 6.03. The molecule has 1 aromatic carbocycles. The minimum Gasteiger partial charge on any atom is -0.399 e. The van der Waals surface area contributed by atoms with Gasteiger partial charge < -0.3 is 5.73 Å². The molecule has 0 bridgehead atoms. The van der Waals surface area contributed by atoms with Crippen molar-refractivity contribution in [1.29, 1.82) is 0 Å². The summed E-state index contributed by atoms with van der Waals surface area (Å²) in [6.07, 6.45) is 1.83. The van der Waals surface area contributed by atoms with Crippen molar-refractivity contribution in [3.63, 3.8) is 0 Å². The summed E-state index contributed by atoms with van der Waals surface area (Å²) in [7, 11) is 0. The number of carbonyl (C=O) groups is 2. The number of rotatable bonds is 3. The maximum Gasteiger partial charge on any atom is 0.230 e. The molecule has 84 valence electrons. The van der Waals surface area contributed by atoms with Crippen molar-refractivity contribution in [1.82, 2.24) is 5.32 Å². The van der Waals surface area contributed by atoms with Gasteiger partial charge in [-0.1, -0.05) is 12.1 Å². The van der Waals surface area contributed by atoms with Crippen LogP contribution < -0.4 is 11.1 Å². The Hall–Kier alpha value is -1.84. The number of amides is 2. The van der Waals surface area contributed by atoms with Gasteiger partial charge in [0.25, 0.3) is 0 Å². The molecule has 1 atom stereocenters. The fraction of sp³-hybridized carbons (Fsp3) is 0.333. The van der Waals surface area contributed by atoms with Crippen LogP contribution in [0.15, 0.2) is 24.3 Å². The first-order valence-corrected chi connectivity index (χ1v) is 5.33. The molecule has 0 radical (unpaired) electrons. The van der Waals surface area contributed by atoms with Gasteiger partial charge in [0.15, 0.2) is 0 Å². The van der Waals surface area contributed by atoms with Crippen molar-refractivity contribution in [2.75, 3.05) is 5.73 Å². The highest BCUT2D eigenvalue weighted by atomic mass is 16.2. The molecule has 0 saturated carbocycles. The van der Waals surface area contributed by atoms with Gasteiger partial charge in [0, 0.05) is 18.0 Å². The minimum atomic E-state index is -0.162. The number of aryl methyl sites for hydroxylation is 1. The van der Waals surface area contributed by atoms with E-state index in [4.69, 9.17) is 5.73 Å². The van der Waals surface area contributed by atoms with E-state index >= 15 is 0 Å². The van der Waals surface area contributed by atoms with Crippen molar-refractivity contribution >= 4 is 17.5 Å². The van der Waals surface area contributed by atoms with E-state index in [-0.39, 0.29) is 17.7 Å². The third kappa shape index (κ3) is 2.39. The van der Waals surface area contributed by atoms with Gasteiger partial charge in [0.2, 0.25) is 11.8 Å². The van der Waals surface area contributed by atoms with Crippen molar-refractivity contribution in [3.8, 4) is 0 Å². The standard InChI is InChI=1S/C12H14N2O2/c13-10-5-2-8(3-6-10)1-4-9-7-11(15)14-12(9)16/h2-3,5-6,9H,1,4,7,13H2,(H,14,15,16). The van der Waals surface area contributed by atoms with Crippen LogP contribution in [-0.4, -0.2) is 11.8 Å². The summed E-state index contributed by atoms with van der Waals surface area (Å²) in [5, 5.41) is 2.31. The topological polar surface area (TPSA) is 72.2 Å². The van der Waals surface area contributed by atoms with E-state index in [0.29, 0.717) is 12.8 Å². The lowest BCUT2D eigenvalue weighted by Gasteiger charge is -2.05. The minimum absolute atomic E-state index is 0.138. The summed E-state index contributed by atoms with van der Waals surface area (Å²) in [5.41, 5.74) is 7.45. The molecule has 1 unspecified atom stereocenters. The van der Waals surface area contributed by atoms with E-state index < -0.39 is 0 Å². The number of imide groups is 1. The smallest absolute Gasteiger partial charge is 0.230 e. The predicted octanol–water partition coefficient (Wildman–Crippen LogP) is 0.864. The number of nitrogens with two attached hydrogens (primary N) is 1. The molecule has 1 fully saturated rings. The van der Waals surface area contributed by atoms with Crippen LogP contribution >= 0.6 is 0 Å². The van der Waals surface area contributed by atoms with Crippen molar-refractivity contribution in [3.05, 3.63) is 29.8 Å². The Balaban J connectivity index is 1.90. The zero-order valence-corrected chi connectivity index (χ0v) is 8.90. The van der Waals surface area contributed by atoms with Crippen LogP contribution in [0.4, 0.5) is 5.69 Å². The van der Waals surface area contributed by atoms with Gasteiger partial charge in [-0.05, 0) is 30.5 Å². The van der Waals surface area contributed by atoms with Crippen LogP contribution in [0.3, 0.4) is 0 Å². The normalized spacial score (nSPS) is 19.9. The van der Waals surface area contributed by atoms with Crippen LogP contribution in [0, 0.1) is 5.92 Å². The quantitative estimate of drug-likeness (QED) is 0.584. The average molecular weight is 218 g/mol. The second-order valence-corrected chi connectivity index (χ2v) is 4.09. The van der Waals surface area contributed by atoms with Crippen LogP contribution in [0.25, 0.3) is 0 Å². The van der Waals surface area contributed by atoms with E-state index in [9.17, 15) is 9.59 Å². The molecule has 2 amide bonds. The molecule has 1 saturated heterocycles. The van der Waals surface area contributed by atoms with Crippen LogP contribution in [0.5, 0.6) is 0 Å². The molecule has 4 nitrogen and oxygen atoms in total. The Morgan fingerprint density at radius 3 is 2.50 bits per heavy atom. The van der Waals surface area contributed by atoms with E-state index in [1.54, 1.807) is 0 Å². The van der Waals surface area contributed by atoms with Gasteiger partial charge >= 0.3 is 0 Å². The number of hydrogen-bond donors (Lipinski definition) is 2. The maximum atomic E-state index is 11.3. The van der Waals surface area contributed by atoms with E-state index in [0.717, 1.165) is 17.7 Å².